The van der Waals surface area contributed by atoms with Crippen LogP contribution in [0.25, 0.3) is 0 Å². The second kappa shape index (κ2) is 10.5. The maximum absolute atomic E-state index is 12.1. The molecule has 0 bridgehead atoms. The minimum Gasteiger partial charge on any atom is -0.459 e. The molecule has 0 aliphatic carbocycles. The van der Waals surface area contributed by atoms with Crippen LogP contribution in [-0.4, -0.2) is 35.4 Å². The summed E-state index contributed by atoms with van der Waals surface area (Å²) >= 11 is 1.21. The van der Waals surface area contributed by atoms with Crippen molar-refractivity contribution < 1.29 is 19.1 Å². The van der Waals surface area contributed by atoms with E-state index in [1.807, 2.05) is 31.2 Å². The molecule has 7 heteroatoms. The van der Waals surface area contributed by atoms with E-state index in [-0.39, 0.29) is 29.4 Å². The van der Waals surface area contributed by atoms with Crippen LogP contribution < -0.4 is 10.6 Å². The summed E-state index contributed by atoms with van der Waals surface area (Å²) in [6.45, 7) is 5.52. The second-order valence-corrected chi connectivity index (χ2v) is 7.48. The Morgan fingerprint density at radius 1 is 0.929 bits per heavy atom. The summed E-state index contributed by atoms with van der Waals surface area (Å²) in [6, 6.07) is 14.1. The summed E-state index contributed by atoms with van der Waals surface area (Å²) in [4.78, 5) is 35.9. The Bertz CT molecular complexity index is 835. The molecule has 0 aliphatic heterocycles. The highest BCUT2D eigenvalue weighted by Gasteiger charge is 2.11. The van der Waals surface area contributed by atoms with Gasteiger partial charge in [-0.3, -0.25) is 9.59 Å². The molecule has 0 fully saturated rings. The SMILES string of the molecule is Cc1ccc(NC(=O)CSCC(=O)Nc2cccc(C(=O)OC(C)C)c2)cc1. The van der Waals surface area contributed by atoms with E-state index in [0.29, 0.717) is 11.3 Å². The third kappa shape index (κ3) is 7.44. The van der Waals surface area contributed by atoms with Crippen molar-refractivity contribution in [2.24, 2.45) is 0 Å². The molecule has 2 N–H and O–H groups in total. The first-order chi connectivity index (χ1) is 13.3. The van der Waals surface area contributed by atoms with Gasteiger partial charge in [-0.15, -0.1) is 11.8 Å². The molecule has 0 saturated heterocycles. The van der Waals surface area contributed by atoms with Crippen molar-refractivity contribution in [1.82, 2.24) is 0 Å². The fourth-order valence-corrected chi connectivity index (χ4v) is 2.89. The van der Waals surface area contributed by atoms with Gasteiger partial charge in [0.2, 0.25) is 11.8 Å². The Kier molecular flexibility index (Phi) is 8.07. The fraction of sp³-hybridized carbons (Fsp3) is 0.286. The highest BCUT2D eigenvalue weighted by Crippen LogP contribution is 2.14. The molecule has 0 aromatic heterocycles. The van der Waals surface area contributed by atoms with Gasteiger partial charge in [0, 0.05) is 11.4 Å². The largest absolute Gasteiger partial charge is 0.459 e. The number of hydrogen-bond donors (Lipinski definition) is 2. The zero-order chi connectivity index (χ0) is 20.5. The molecular formula is C21H24N2O4S. The van der Waals surface area contributed by atoms with Crippen LogP contribution in [0.3, 0.4) is 0 Å². The predicted molar refractivity (Wildman–Crippen MR) is 113 cm³/mol. The summed E-state index contributed by atoms with van der Waals surface area (Å²) in [5.41, 5.74) is 2.72. The van der Waals surface area contributed by atoms with Gasteiger partial charge in [0.1, 0.15) is 0 Å². The molecule has 6 nitrogen and oxygen atoms in total. The highest BCUT2D eigenvalue weighted by atomic mass is 32.2. The minimum absolute atomic E-state index is 0.127. The van der Waals surface area contributed by atoms with E-state index in [9.17, 15) is 14.4 Å². The van der Waals surface area contributed by atoms with Crippen LogP contribution in [0.4, 0.5) is 11.4 Å². The number of thioether (sulfide) groups is 1. The van der Waals surface area contributed by atoms with Crippen molar-refractivity contribution in [3.8, 4) is 0 Å². The fourth-order valence-electron chi connectivity index (χ4n) is 2.27. The Balaban J connectivity index is 1.77. The number of aryl methyl sites for hydroxylation is 1. The number of amides is 2. The monoisotopic (exact) mass is 400 g/mol. The molecule has 0 unspecified atom stereocenters. The number of nitrogens with one attached hydrogen (secondary N) is 2. The third-order valence-corrected chi connectivity index (χ3v) is 4.46. The third-order valence-electron chi connectivity index (χ3n) is 3.53. The van der Waals surface area contributed by atoms with E-state index in [0.717, 1.165) is 11.3 Å². The molecule has 28 heavy (non-hydrogen) atoms. The van der Waals surface area contributed by atoms with Crippen LogP contribution in [0.1, 0.15) is 29.8 Å². The normalized spacial score (nSPS) is 10.4. The first-order valence-corrected chi connectivity index (χ1v) is 10.0. The van der Waals surface area contributed by atoms with Crippen molar-refractivity contribution >= 4 is 40.9 Å². The Labute approximate surface area is 169 Å². The van der Waals surface area contributed by atoms with Crippen LogP contribution >= 0.6 is 11.8 Å². The van der Waals surface area contributed by atoms with Crippen molar-refractivity contribution in [2.75, 3.05) is 22.1 Å². The number of esters is 1. The molecular weight excluding hydrogens is 376 g/mol. The van der Waals surface area contributed by atoms with Gasteiger partial charge in [-0.05, 0) is 51.1 Å². The first kappa shape index (κ1) is 21.5. The summed E-state index contributed by atoms with van der Waals surface area (Å²) in [6.07, 6.45) is -0.215. The van der Waals surface area contributed by atoms with Gasteiger partial charge < -0.3 is 15.4 Å². The number of ether oxygens (including phenoxy) is 1. The van der Waals surface area contributed by atoms with Gasteiger partial charge in [-0.1, -0.05) is 23.8 Å². The number of benzene rings is 2. The molecule has 0 saturated carbocycles. The number of hydrogen-bond acceptors (Lipinski definition) is 5. The van der Waals surface area contributed by atoms with Crippen LogP contribution in [0, 0.1) is 6.92 Å². The molecule has 0 atom stereocenters. The first-order valence-electron chi connectivity index (χ1n) is 8.88. The quantitative estimate of drug-likeness (QED) is 0.657. The topological polar surface area (TPSA) is 84.5 Å². The number of anilines is 2. The number of carbonyl (C=O) groups is 3. The van der Waals surface area contributed by atoms with Gasteiger partial charge in [-0.2, -0.15) is 0 Å². The Hall–Kier alpha value is -2.80. The Morgan fingerprint density at radius 2 is 1.54 bits per heavy atom. The van der Waals surface area contributed by atoms with Crippen molar-refractivity contribution in [2.45, 2.75) is 26.9 Å². The smallest absolute Gasteiger partial charge is 0.338 e. The lowest BCUT2D eigenvalue weighted by Gasteiger charge is -2.10. The maximum Gasteiger partial charge on any atom is 0.338 e. The predicted octanol–water partition coefficient (Wildman–Crippen LogP) is 3.87. The van der Waals surface area contributed by atoms with E-state index >= 15 is 0 Å². The molecule has 0 aliphatic rings. The Morgan fingerprint density at radius 3 is 2.14 bits per heavy atom. The summed E-state index contributed by atoms with van der Waals surface area (Å²) < 4.78 is 5.14. The molecule has 2 amide bonds. The summed E-state index contributed by atoms with van der Waals surface area (Å²) in [5, 5.41) is 5.51. The maximum atomic E-state index is 12.1. The molecule has 2 aromatic rings. The van der Waals surface area contributed by atoms with E-state index in [1.54, 1.807) is 38.1 Å². The van der Waals surface area contributed by atoms with Gasteiger partial charge in [0.25, 0.3) is 0 Å². The second-order valence-electron chi connectivity index (χ2n) is 6.49. The lowest BCUT2D eigenvalue weighted by Crippen LogP contribution is -2.18. The van der Waals surface area contributed by atoms with Crippen LogP contribution in [0.15, 0.2) is 48.5 Å². The van der Waals surface area contributed by atoms with E-state index in [1.165, 1.54) is 11.8 Å². The van der Waals surface area contributed by atoms with Gasteiger partial charge in [0.15, 0.2) is 0 Å². The summed E-state index contributed by atoms with van der Waals surface area (Å²) in [5.74, 6) is -0.555. The summed E-state index contributed by atoms with van der Waals surface area (Å²) in [7, 11) is 0. The van der Waals surface area contributed by atoms with E-state index in [2.05, 4.69) is 10.6 Å². The van der Waals surface area contributed by atoms with Crippen molar-refractivity contribution in [1.29, 1.82) is 0 Å². The standard InChI is InChI=1S/C21H24N2O4S/c1-14(2)27-21(26)16-5-4-6-18(11-16)23-20(25)13-28-12-19(24)22-17-9-7-15(3)8-10-17/h4-11,14H,12-13H2,1-3H3,(H,22,24)(H,23,25). The van der Waals surface area contributed by atoms with Gasteiger partial charge in [-0.25, -0.2) is 4.79 Å². The zero-order valence-corrected chi connectivity index (χ0v) is 17.0. The minimum atomic E-state index is -0.437. The van der Waals surface area contributed by atoms with Crippen LogP contribution in [-0.2, 0) is 14.3 Å². The molecule has 148 valence electrons. The molecule has 2 aromatic carbocycles. The van der Waals surface area contributed by atoms with Crippen molar-refractivity contribution in [3.63, 3.8) is 0 Å². The lowest BCUT2D eigenvalue weighted by atomic mass is 10.2. The average molecular weight is 401 g/mol. The highest BCUT2D eigenvalue weighted by molar-refractivity contribution is 8.00. The number of rotatable bonds is 8. The van der Waals surface area contributed by atoms with Crippen LogP contribution in [0.2, 0.25) is 0 Å². The average Bonchev–Trinajstić information content (AvgIpc) is 2.63. The zero-order valence-electron chi connectivity index (χ0n) is 16.2. The van der Waals surface area contributed by atoms with Crippen molar-refractivity contribution in [3.05, 3.63) is 59.7 Å². The number of carbonyl (C=O) groups excluding carboxylic acids is 3. The molecule has 0 radical (unpaired) electrons. The molecule has 0 heterocycles. The van der Waals surface area contributed by atoms with Gasteiger partial charge >= 0.3 is 5.97 Å². The lowest BCUT2D eigenvalue weighted by molar-refractivity contribution is -0.114. The van der Waals surface area contributed by atoms with E-state index < -0.39 is 5.97 Å². The molecule has 2 rings (SSSR count). The van der Waals surface area contributed by atoms with E-state index in [4.69, 9.17) is 4.74 Å². The van der Waals surface area contributed by atoms with Gasteiger partial charge in [0.05, 0.1) is 23.2 Å². The van der Waals surface area contributed by atoms with Crippen LogP contribution in [0.5, 0.6) is 0 Å². The molecule has 0 spiro atoms.